The van der Waals surface area contributed by atoms with Gasteiger partial charge in [0.1, 0.15) is 0 Å². The van der Waals surface area contributed by atoms with E-state index in [2.05, 4.69) is 0 Å². The van der Waals surface area contributed by atoms with E-state index in [4.69, 9.17) is 28.3 Å². The minimum atomic E-state index is -0.916. The van der Waals surface area contributed by atoms with Gasteiger partial charge in [-0.25, -0.2) is 4.79 Å². The third-order valence-electron chi connectivity index (χ3n) is 2.48. The van der Waals surface area contributed by atoms with Gasteiger partial charge in [0.05, 0.1) is 5.56 Å². The number of rotatable bonds is 4. The van der Waals surface area contributed by atoms with Crippen molar-refractivity contribution in [2.24, 2.45) is 0 Å². The summed E-state index contributed by atoms with van der Waals surface area (Å²) >= 11 is 13.3. The number of benzene rings is 2. The van der Waals surface area contributed by atoms with E-state index in [1.165, 1.54) is 11.8 Å². The summed E-state index contributed by atoms with van der Waals surface area (Å²) < 4.78 is 0. The molecule has 2 aromatic carbocycles. The molecular formula is C14H10Cl2O2S. The van der Waals surface area contributed by atoms with Gasteiger partial charge >= 0.3 is 5.97 Å². The molecule has 5 heteroatoms. The zero-order valence-electron chi connectivity index (χ0n) is 9.77. The monoisotopic (exact) mass is 312 g/mol. The van der Waals surface area contributed by atoms with Crippen LogP contribution in [0, 0.1) is 0 Å². The molecule has 98 valence electrons. The summed E-state index contributed by atoms with van der Waals surface area (Å²) in [5, 5.41) is 10.2. The van der Waals surface area contributed by atoms with Crippen LogP contribution >= 0.6 is 35.0 Å². The molecule has 0 saturated carbocycles. The van der Waals surface area contributed by atoms with Gasteiger partial charge in [-0.05, 0) is 29.8 Å². The van der Waals surface area contributed by atoms with E-state index in [1.54, 1.807) is 18.2 Å². The minimum absolute atomic E-state index is 0.322. The fraction of sp³-hybridized carbons (Fsp3) is 0.0714. The maximum atomic E-state index is 11.1. The lowest BCUT2D eigenvalue weighted by atomic mass is 10.1. The van der Waals surface area contributed by atoms with Gasteiger partial charge in [0, 0.05) is 20.7 Å². The van der Waals surface area contributed by atoms with Crippen molar-refractivity contribution in [1.82, 2.24) is 0 Å². The lowest BCUT2D eigenvalue weighted by Crippen LogP contribution is -2.00. The summed E-state index contributed by atoms with van der Waals surface area (Å²) in [4.78, 5) is 12.0. The maximum Gasteiger partial charge on any atom is 0.335 e. The van der Waals surface area contributed by atoms with Gasteiger partial charge in [-0.2, -0.15) is 0 Å². The van der Waals surface area contributed by atoms with Crippen molar-refractivity contribution in [2.75, 3.05) is 0 Å². The Balaban J connectivity index is 2.16. The lowest BCUT2D eigenvalue weighted by Gasteiger charge is -2.06. The molecule has 0 unspecified atom stereocenters. The molecular weight excluding hydrogens is 303 g/mol. The predicted molar refractivity (Wildman–Crippen MR) is 79.4 cm³/mol. The molecule has 2 nitrogen and oxygen atoms in total. The van der Waals surface area contributed by atoms with E-state index in [0.29, 0.717) is 21.4 Å². The van der Waals surface area contributed by atoms with Crippen molar-refractivity contribution in [2.45, 2.75) is 10.6 Å². The third-order valence-corrected chi connectivity index (χ3v) is 3.94. The minimum Gasteiger partial charge on any atom is -0.478 e. The Kier molecular flexibility index (Phi) is 4.75. The first-order chi connectivity index (χ1) is 9.06. The summed E-state index contributed by atoms with van der Waals surface area (Å²) in [6.07, 6.45) is 0. The number of hydrogen-bond acceptors (Lipinski definition) is 2. The average molecular weight is 313 g/mol. The molecule has 0 fully saturated rings. The number of carboxylic acid groups (broad SMARTS) is 1. The van der Waals surface area contributed by atoms with E-state index in [9.17, 15) is 4.79 Å². The van der Waals surface area contributed by atoms with Crippen LogP contribution in [0.25, 0.3) is 0 Å². The van der Waals surface area contributed by atoms with Crippen molar-refractivity contribution >= 4 is 40.9 Å². The average Bonchev–Trinajstić information content (AvgIpc) is 2.35. The van der Waals surface area contributed by atoms with Crippen molar-refractivity contribution < 1.29 is 9.90 Å². The lowest BCUT2D eigenvalue weighted by molar-refractivity contribution is 0.0696. The van der Waals surface area contributed by atoms with Crippen LogP contribution in [-0.4, -0.2) is 11.1 Å². The fourth-order valence-electron chi connectivity index (χ4n) is 1.63. The van der Waals surface area contributed by atoms with E-state index >= 15 is 0 Å². The van der Waals surface area contributed by atoms with Gasteiger partial charge in [-0.15, -0.1) is 11.8 Å². The highest BCUT2D eigenvalue weighted by molar-refractivity contribution is 7.98. The quantitative estimate of drug-likeness (QED) is 0.809. The van der Waals surface area contributed by atoms with Gasteiger partial charge in [0.2, 0.25) is 0 Å². The van der Waals surface area contributed by atoms with Crippen LogP contribution in [0.1, 0.15) is 15.9 Å². The van der Waals surface area contributed by atoms with Crippen LogP contribution in [0.5, 0.6) is 0 Å². The highest BCUT2D eigenvalue weighted by Crippen LogP contribution is 2.29. The Bertz CT molecular complexity index is 594. The summed E-state index contributed by atoms with van der Waals surface area (Å²) in [6.45, 7) is 0. The van der Waals surface area contributed by atoms with Crippen LogP contribution in [-0.2, 0) is 5.75 Å². The molecule has 2 rings (SSSR count). The molecule has 0 aromatic heterocycles. The zero-order valence-corrected chi connectivity index (χ0v) is 12.1. The van der Waals surface area contributed by atoms with Gasteiger partial charge in [-0.3, -0.25) is 0 Å². The predicted octanol–water partition coefficient (Wildman–Crippen LogP) is 4.98. The van der Waals surface area contributed by atoms with Crippen molar-refractivity contribution in [3.8, 4) is 0 Å². The Hall–Kier alpha value is -1.16. The summed E-state index contributed by atoms with van der Waals surface area (Å²) in [5.74, 6) is -0.362. The van der Waals surface area contributed by atoms with Crippen LogP contribution in [0.15, 0.2) is 47.4 Å². The summed E-state index contributed by atoms with van der Waals surface area (Å²) in [7, 11) is 0. The molecule has 2 aromatic rings. The molecule has 0 aliphatic heterocycles. The van der Waals surface area contributed by atoms with E-state index in [0.717, 1.165) is 10.5 Å². The standard InChI is InChI=1S/C14H10Cl2O2S/c15-10-5-11(16)7-12(6-10)19-8-9-3-1-2-4-13(9)14(17)18/h1-7H,8H2,(H,17,18). The molecule has 0 heterocycles. The number of hydrogen-bond donors (Lipinski definition) is 1. The number of thioether (sulfide) groups is 1. The topological polar surface area (TPSA) is 37.3 Å². The largest absolute Gasteiger partial charge is 0.478 e. The van der Waals surface area contributed by atoms with Gasteiger partial charge in [0.15, 0.2) is 0 Å². The first-order valence-corrected chi connectivity index (χ1v) is 7.20. The van der Waals surface area contributed by atoms with Crippen molar-refractivity contribution in [3.05, 3.63) is 63.6 Å². The highest BCUT2D eigenvalue weighted by Gasteiger charge is 2.09. The molecule has 0 aliphatic rings. The smallest absolute Gasteiger partial charge is 0.335 e. The van der Waals surface area contributed by atoms with Crippen LogP contribution in [0.4, 0.5) is 0 Å². The van der Waals surface area contributed by atoms with Crippen LogP contribution in [0.2, 0.25) is 10.0 Å². The molecule has 1 N–H and O–H groups in total. The number of halogens is 2. The Labute approximate surface area is 125 Å². The second-order valence-electron chi connectivity index (χ2n) is 3.86. The summed E-state index contributed by atoms with van der Waals surface area (Å²) in [6, 6.07) is 12.2. The zero-order chi connectivity index (χ0) is 13.8. The molecule has 0 bridgehead atoms. The van der Waals surface area contributed by atoms with Gasteiger partial charge < -0.3 is 5.11 Å². The molecule has 0 amide bonds. The molecule has 0 radical (unpaired) electrons. The second kappa shape index (κ2) is 6.33. The molecule has 0 aliphatic carbocycles. The van der Waals surface area contributed by atoms with Gasteiger partial charge in [0.25, 0.3) is 0 Å². The van der Waals surface area contributed by atoms with Gasteiger partial charge in [-0.1, -0.05) is 41.4 Å². The molecule has 0 spiro atoms. The SMILES string of the molecule is O=C(O)c1ccccc1CSc1cc(Cl)cc(Cl)c1. The third kappa shape index (κ3) is 3.90. The van der Waals surface area contributed by atoms with E-state index < -0.39 is 5.97 Å². The maximum absolute atomic E-state index is 11.1. The summed E-state index contributed by atoms with van der Waals surface area (Å²) in [5.41, 5.74) is 1.10. The highest BCUT2D eigenvalue weighted by atomic mass is 35.5. The number of aromatic carboxylic acids is 1. The Morgan fingerprint density at radius 2 is 1.74 bits per heavy atom. The molecule has 0 atom stereocenters. The Morgan fingerprint density at radius 3 is 2.37 bits per heavy atom. The van der Waals surface area contributed by atoms with E-state index in [-0.39, 0.29) is 0 Å². The number of carbonyl (C=O) groups is 1. The van der Waals surface area contributed by atoms with Crippen LogP contribution < -0.4 is 0 Å². The van der Waals surface area contributed by atoms with Crippen molar-refractivity contribution in [3.63, 3.8) is 0 Å². The van der Waals surface area contributed by atoms with E-state index in [1.807, 2.05) is 24.3 Å². The normalized spacial score (nSPS) is 10.4. The van der Waals surface area contributed by atoms with Crippen LogP contribution in [0.3, 0.4) is 0 Å². The second-order valence-corrected chi connectivity index (χ2v) is 5.78. The number of carboxylic acids is 1. The first-order valence-electron chi connectivity index (χ1n) is 5.46. The molecule has 19 heavy (non-hydrogen) atoms. The first kappa shape index (κ1) is 14.3. The van der Waals surface area contributed by atoms with Crippen molar-refractivity contribution in [1.29, 1.82) is 0 Å². The fourth-order valence-corrected chi connectivity index (χ4v) is 3.28. The Morgan fingerprint density at radius 1 is 1.11 bits per heavy atom. The molecule has 0 saturated heterocycles.